The summed E-state index contributed by atoms with van der Waals surface area (Å²) in [6, 6.07) is 11.6. The average Bonchev–Trinajstić information content (AvgIpc) is 2.49. The van der Waals surface area contributed by atoms with Gasteiger partial charge in [-0.2, -0.15) is 0 Å². The Morgan fingerprint density at radius 3 is 2.29 bits per heavy atom. The molecule has 5 nitrogen and oxygen atoms in total. The standard InChI is InChI=1S/C15H14ClNO4/c1-2-20-12-3-5-13(6-4-12)21-14-7-8-15(17(18)19)11(9-14)10-16/h3-9H,2,10H2,1H3. The van der Waals surface area contributed by atoms with E-state index in [1.807, 2.05) is 6.92 Å². The third-order valence-corrected chi connectivity index (χ3v) is 3.05. The fraction of sp³-hybridized carbons (Fsp3) is 0.200. The molecule has 0 amide bonds. The fourth-order valence-electron chi connectivity index (χ4n) is 1.82. The predicted octanol–water partition coefficient (Wildman–Crippen LogP) is 4.52. The summed E-state index contributed by atoms with van der Waals surface area (Å²) in [6.45, 7) is 2.51. The molecule has 0 aliphatic heterocycles. The van der Waals surface area contributed by atoms with Crippen molar-refractivity contribution < 1.29 is 14.4 Å². The van der Waals surface area contributed by atoms with E-state index >= 15 is 0 Å². The van der Waals surface area contributed by atoms with E-state index < -0.39 is 4.92 Å². The van der Waals surface area contributed by atoms with Crippen molar-refractivity contribution in [3.05, 3.63) is 58.1 Å². The van der Waals surface area contributed by atoms with Crippen LogP contribution in [-0.2, 0) is 5.88 Å². The Morgan fingerprint density at radius 2 is 1.71 bits per heavy atom. The molecular weight excluding hydrogens is 294 g/mol. The second-order valence-electron chi connectivity index (χ2n) is 4.19. The van der Waals surface area contributed by atoms with E-state index in [9.17, 15) is 10.1 Å². The maximum atomic E-state index is 10.8. The molecule has 110 valence electrons. The lowest BCUT2D eigenvalue weighted by atomic mass is 10.2. The van der Waals surface area contributed by atoms with Gasteiger partial charge >= 0.3 is 0 Å². The molecule has 2 aromatic carbocycles. The highest BCUT2D eigenvalue weighted by Gasteiger charge is 2.13. The summed E-state index contributed by atoms with van der Waals surface area (Å²) in [4.78, 5) is 10.4. The molecule has 0 saturated heterocycles. The van der Waals surface area contributed by atoms with Crippen molar-refractivity contribution in [1.29, 1.82) is 0 Å². The van der Waals surface area contributed by atoms with Gasteiger partial charge < -0.3 is 9.47 Å². The third kappa shape index (κ3) is 3.86. The molecule has 0 bridgehead atoms. The van der Waals surface area contributed by atoms with Crippen LogP contribution < -0.4 is 9.47 Å². The summed E-state index contributed by atoms with van der Waals surface area (Å²) in [7, 11) is 0. The Morgan fingerprint density at radius 1 is 1.10 bits per heavy atom. The second-order valence-corrected chi connectivity index (χ2v) is 4.45. The summed E-state index contributed by atoms with van der Waals surface area (Å²) < 4.78 is 11.0. The number of halogens is 1. The summed E-state index contributed by atoms with van der Waals surface area (Å²) in [5.41, 5.74) is 0.411. The van der Waals surface area contributed by atoms with E-state index in [0.29, 0.717) is 23.7 Å². The number of benzene rings is 2. The largest absolute Gasteiger partial charge is 0.494 e. The van der Waals surface area contributed by atoms with Gasteiger partial charge in [-0.05, 0) is 43.3 Å². The minimum absolute atomic E-state index is 0.0101. The van der Waals surface area contributed by atoms with Gasteiger partial charge in [-0.25, -0.2) is 0 Å². The van der Waals surface area contributed by atoms with Crippen LogP contribution >= 0.6 is 11.6 Å². The monoisotopic (exact) mass is 307 g/mol. The molecule has 0 radical (unpaired) electrons. The van der Waals surface area contributed by atoms with Gasteiger partial charge in [-0.1, -0.05) is 0 Å². The van der Waals surface area contributed by atoms with Gasteiger partial charge in [0.25, 0.3) is 5.69 Å². The highest BCUT2D eigenvalue weighted by Crippen LogP contribution is 2.29. The summed E-state index contributed by atoms with van der Waals surface area (Å²) in [5.74, 6) is 1.93. The van der Waals surface area contributed by atoms with Crippen molar-refractivity contribution in [2.24, 2.45) is 0 Å². The molecule has 0 spiro atoms. The first kappa shape index (κ1) is 15.1. The molecule has 0 aliphatic rings. The average molecular weight is 308 g/mol. The summed E-state index contributed by atoms with van der Waals surface area (Å²) in [6.07, 6.45) is 0. The predicted molar refractivity (Wildman–Crippen MR) is 80.3 cm³/mol. The van der Waals surface area contributed by atoms with Gasteiger partial charge in [-0.3, -0.25) is 10.1 Å². The number of rotatable bonds is 6. The highest BCUT2D eigenvalue weighted by molar-refractivity contribution is 6.17. The first-order chi connectivity index (χ1) is 10.1. The Labute approximate surface area is 127 Å². The molecule has 21 heavy (non-hydrogen) atoms. The Kier molecular flexibility index (Phi) is 5.00. The van der Waals surface area contributed by atoms with E-state index in [1.54, 1.807) is 36.4 Å². The molecule has 0 unspecified atom stereocenters. The fourth-order valence-corrected chi connectivity index (χ4v) is 2.03. The zero-order valence-corrected chi connectivity index (χ0v) is 12.2. The number of hydrogen-bond donors (Lipinski definition) is 0. The van der Waals surface area contributed by atoms with Crippen molar-refractivity contribution in [1.82, 2.24) is 0 Å². The van der Waals surface area contributed by atoms with Gasteiger partial charge in [0, 0.05) is 11.6 Å². The molecule has 0 aliphatic carbocycles. The van der Waals surface area contributed by atoms with E-state index in [-0.39, 0.29) is 11.6 Å². The van der Waals surface area contributed by atoms with Crippen LogP contribution in [0.3, 0.4) is 0 Å². The Balaban J connectivity index is 2.17. The maximum Gasteiger partial charge on any atom is 0.274 e. The number of hydrogen-bond acceptors (Lipinski definition) is 4. The number of ether oxygens (including phenoxy) is 2. The third-order valence-electron chi connectivity index (χ3n) is 2.76. The van der Waals surface area contributed by atoms with E-state index in [1.165, 1.54) is 6.07 Å². The van der Waals surface area contributed by atoms with Gasteiger partial charge in [0.15, 0.2) is 0 Å². The lowest BCUT2D eigenvalue weighted by molar-refractivity contribution is -0.385. The van der Waals surface area contributed by atoms with Crippen molar-refractivity contribution in [2.75, 3.05) is 6.61 Å². The number of nitro benzene ring substituents is 1. The van der Waals surface area contributed by atoms with Gasteiger partial charge in [0.1, 0.15) is 17.2 Å². The van der Waals surface area contributed by atoms with Crippen molar-refractivity contribution in [3.63, 3.8) is 0 Å². The Bertz CT molecular complexity index is 628. The molecule has 0 atom stereocenters. The van der Waals surface area contributed by atoms with Crippen molar-refractivity contribution >= 4 is 17.3 Å². The molecule has 2 aromatic rings. The second kappa shape index (κ2) is 6.95. The molecule has 0 heterocycles. The smallest absolute Gasteiger partial charge is 0.274 e. The van der Waals surface area contributed by atoms with Crippen molar-refractivity contribution in [2.45, 2.75) is 12.8 Å². The maximum absolute atomic E-state index is 10.8. The summed E-state index contributed by atoms with van der Waals surface area (Å²) in [5, 5.41) is 10.8. The van der Waals surface area contributed by atoms with E-state index in [2.05, 4.69) is 0 Å². The van der Waals surface area contributed by atoms with Crippen LogP contribution in [0.25, 0.3) is 0 Å². The Hall–Kier alpha value is -2.27. The highest BCUT2D eigenvalue weighted by atomic mass is 35.5. The lowest BCUT2D eigenvalue weighted by Crippen LogP contribution is -1.95. The van der Waals surface area contributed by atoms with Crippen LogP contribution in [-0.4, -0.2) is 11.5 Å². The zero-order chi connectivity index (χ0) is 15.2. The SMILES string of the molecule is CCOc1ccc(Oc2ccc([N+](=O)[O-])c(CCl)c2)cc1. The van der Waals surface area contributed by atoms with Gasteiger partial charge in [0.2, 0.25) is 0 Å². The zero-order valence-electron chi connectivity index (χ0n) is 11.4. The van der Waals surface area contributed by atoms with Crippen LogP contribution in [0.15, 0.2) is 42.5 Å². The number of nitro groups is 1. The first-order valence-corrected chi connectivity index (χ1v) is 6.91. The minimum atomic E-state index is -0.460. The molecule has 0 saturated carbocycles. The van der Waals surface area contributed by atoms with E-state index in [0.717, 1.165) is 5.75 Å². The van der Waals surface area contributed by atoms with Crippen molar-refractivity contribution in [3.8, 4) is 17.2 Å². The molecule has 2 rings (SSSR count). The quantitative estimate of drug-likeness (QED) is 0.447. The molecule has 0 fully saturated rings. The van der Waals surface area contributed by atoms with Crippen LogP contribution in [0, 0.1) is 10.1 Å². The van der Waals surface area contributed by atoms with Crippen LogP contribution in [0.2, 0.25) is 0 Å². The van der Waals surface area contributed by atoms with Gasteiger partial charge in [0.05, 0.1) is 17.4 Å². The summed E-state index contributed by atoms with van der Waals surface area (Å²) >= 11 is 5.73. The normalized spacial score (nSPS) is 10.2. The van der Waals surface area contributed by atoms with Crippen LogP contribution in [0.5, 0.6) is 17.2 Å². The molecule has 6 heteroatoms. The molecular formula is C15H14ClNO4. The number of nitrogens with zero attached hydrogens (tertiary/aromatic N) is 1. The van der Waals surface area contributed by atoms with E-state index in [4.69, 9.17) is 21.1 Å². The molecule has 0 N–H and O–H groups in total. The number of alkyl halides is 1. The first-order valence-electron chi connectivity index (χ1n) is 6.38. The van der Waals surface area contributed by atoms with Gasteiger partial charge in [-0.15, -0.1) is 11.6 Å². The topological polar surface area (TPSA) is 61.6 Å². The van der Waals surface area contributed by atoms with Crippen LogP contribution in [0.1, 0.15) is 12.5 Å². The van der Waals surface area contributed by atoms with Crippen LogP contribution in [0.4, 0.5) is 5.69 Å². The minimum Gasteiger partial charge on any atom is -0.494 e. The lowest BCUT2D eigenvalue weighted by Gasteiger charge is -2.08. The molecule has 0 aromatic heterocycles.